The molecule has 1 N–H and O–H groups in total. The Morgan fingerprint density at radius 1 is 1.29 bits per heavy atom. The van der Waals surface area contributed by atoms with Crippen LogP contribution >= 0.6 is 15.9 Å². The minimum Gasteiger partial charge on any atom is -0.481 e. The summed E-state index contributed by atoms with van der Waals surface area (Å²) in [6, 6.07) is 7.44. The first-order valence-corrected chi connectivity index (χ1v) is 5.30. The zero-order valence-corrected chi connectivity index (χ0v) is 9.78. The quantitative estimate of drug-likeness (QED) is 0.902. The first-order chi connectivity index (χ1) is 6.52. The van der Waals surface area contributed by atoms with Crippen LogP contribution in [-0.2, 0) is 4.79 Å². The SMILES string of the molecule is CC(C)[C@H](C(=O)O)c1ccc(Br)cc1. The lowest BCUT2D eigenvalue weighted by molar-refractivity contribution is -0.139. The van der Waals surface area contributed by atoms with E-state index in [1.807, 2.05) is 38.1 Å². The molecular weight excluding hydrogens is 244 g/mol. The van der Waals surface area contributed by atoms with Gasteiger partial charge >= 0.3 is 5.97 Å². The maximum Gasteiger partial charge on any atom is 0.311 e. The zero-order valence-electron chi connectivity index (χ0n) is 8.20. The molecule has 76 valence electrons. The van der Waals surface area contributed by atoms with E-state index < -0.39 is 11.9 Å². The molecule has 0 fully saturated rings. The molecule has 0 amide bonds. The third kappa shape index (κ3) is 2.58. The molecule has 14 heavy (non-hydrogen) atoms. The number of carbonyl (C=O) groups is 1. The van der Waals surface area contributed by atoms with Gasteiger partial charge in [-0.25, -0.2) is 0 Å². The van der Waals surface area contributed by atoms with E-state index in [1.54, 1.807) is 0 Å². The number of carboxylic acid groups (broad SMARTS) is 1. The fourth-order valence-electron chi connectivity index (χ4n) is 1.48. The van der Waals surface area contributed by atoms with Gasteiger partial charge in [-0.15, -0.1) is 0 Å². The van der Waals surface area contributed by atoms with Crippen molar-refractivity contribution in [1.29, 1.82) is 0 Å². The Hall–Kier alpha value is -0.830. The number of benzene rings is 1. The van der Waals surface area contributed by atoms with E-state index in [0.717, 1.165) is 10.0 Å². The van der Waals surface area contributed by atoms with Gasteiger partial charge in [0.05, 0.1) is 5.92 Å². The topological polar surface area (TPSA) is 37.3 Å². The monoisotopic (exact) mass is 256 g/mol. The number of halogens is 1. The van der Waals surface area contributed by atoms with Gasteiger partial charge in [-0.05, 0) is 23.6 Å². The summed E-state index contributed by atoms with van der Waals surface area (Å²) in [6.07, 6.45) is 0. The van der Waals surface area contributed by atoms with Crippen molar-refractivity contribution in [3.8, 4) is 0 Å². The molecule has 0 unspecified atom stereocenters. The Kier molecular flexibility index (Phi) is 3.69. The van der Waals surface area contributed by atoms with Crippen LogP contribution in [0.5, 0.6) is 0 Å². The van der Waals surface area contributed by atoms with E-state index in [0.29, 0.717) is 0 Å². The highest BCUT2D eigenvalue weighted by Gasteiger charge is 2.22. The summed E-state index contributed by atoms with van der Waals surface area (Å²) in [5, 5.41) is 9.05. The number of rotatable bonds is 3. The molecule has 3 heteroatoms. The lowest BCUT2D eigenvalue weighted by Crippen LogP contribution is -2.17. The average molecular weight is 257 g/mol. The summed E-state index contributed by atoms with van der Waals surface area (Å²) in [5.74, 6) is -1.07. The van der Waals surface area contributed by atoms with Crippen molar-refractivity contribution in [3.63, 3.8) is 0 Å². The highest BCUT2D eigenvalue weighted by molar-refractivity contribution is 9.10. The van der Waals surface area contributed by atoms with Crippen molar-refractivity contribution in [2.45, 2.75) is 19.8 Å². The van der Waals surface area contributed by atoms with Gasteiger partial charge in [0.2, 0.25) is 0 Å². The van der Waals surface area contributed by atoms with Crippen molar-refractivity contribution < 1.29 is 9.90 Å². The summed E-state index contributed by atoms with van der Waals surface area (Å²) >= 11 is 3.32. The molecule has 1 aromatic carbocycles. The van der Waals surface area contributed by atoms with Gasteiger partial charge in [0.1, 0.15) is 0 Å². The number of aliphatic carboxylic acids is 1. The second-order valence-corrected chi connectivity index (χ2v) is 4.53. The maximum atomic E-state index is 11.0. The third-order valence-corrected chi connectivity index (χ3v) is 2.69. The Bertz CT molecular complexity index is 317. The van der Waals surface area contributed by atoms with Crippen molar-refractivity contribution in [2.24, 2.45) is 5.92 Å². The van der Waals surface area contributed by atoms with Crippen LogP contribution in [0, 0.1) is 5.92 Å². The Labute approximate surface area is 92.1 Å². The third-order valence-electron chi connectivity index (χ3n) is 2.16. The first-order valence-electron chi connectivity index (χ1n) is 4.50. The van der Waals surface area contributed by atoms with Gasteiger partial charge in [-0.2, -0.15) is 0 Å². The second-order valence-electron chi connectivity index (χ2n) is 3.61. The van der Waals surface area contributed by atoms with Crippen molar-refractivity contribution >= 4 is 21.9 Å². The zero-order chi connectivity index (χ0) is 10.7. The van der Waals surface area contributed by atoms with Crippen molar-refractivity contribution in [1.82, 2.24) is 0 Å². The molecule has 1 rings (SSSR count). The van der Waals surface area contributed by atoms with E-state index in [4.69, 9.17) is 5.11 Å². The summed E-state index contributed by atoms with van der Waals surface area (Å²) < 4.78 is 0.967. The van der Waals surface area contributed by atoms with Crippen LogP contribution < -0.4 is 0 Å². The molecule has 0 heterocycles. The van der Waals surface area contributed by atoms with Gasteiger partial charge in [-0.3, -0.25) is 4.79 Å². The van der Waals surface area contributed by atoms with Gasteiger partial charge in [0, 0.05) is 4.47 Å². The standard InChI is InChI=1S/C11H13BrO2/c1-7(2)10(11(13)14)8-3-5-9(12)6-4-8/h3-7,10H,1-2H3,(H,13,14)/t10-/m0/s1. The summed E-state index contributed by atoms with van der Waals surface area (Å²) in [4.78, 5) is 11.0. The first kappa shape index (κ1) is 11.2. The Balaban J connectivity index is 3.00. The normalized spacial score (nSPS) is 12.9. The van der Waals surface area contributed by atoms with Crippen LogP contribution in [0.2, 0.25) is 0 Å². The highest BCUT2D eigenvalue weighted by atomic mass is 79.9. The molecule has 0 radical (unpaired) electrons. The van der Waals surface area contributed by atoms with Gasteiger partial charge in [0.15, 0.2) is 0 Å². The second kappa shape index (κ2) is 4.60. The van der Waals surface area contributed by atoms with E-state index in [1.165, 1.54) is 0 Å². The highest BCUT2D eigenvalue weighted by Crippen LogP contribution is 2.25. The van der Waals surface area contributed by atoms with E-state index in [2.05, 4.69) is 15.9 Å². The van der Waals surface area contributed by atoms with E-state index in [-0.39, 0.29) is 5.92 Å². The predicted molar refractivity (Wildman–Crippen MR) is 59.4 cm³/mol. The lowest BCUT2D eigenvalue weighted by Gasteiger charge is -2.16. The molecular formula is C11H13BrO2. The molecule has 2 nitrogen and oxygen atoms in total. The molecule has 1 aromatic rings. The van der Waals surface area contributed by atoms with Crippen LogP contribution in [0.3, 0.4) is 0 Å². The minimum atomic E-state index is -0.762. The Morgan fingerprint density at radius 2 is 1.79 bits per heavy atom. The summed E-state index contributed by atoms with van der Waals surface area (Å²) in [7, 11) is 0. The predicted octanol–water partition coefficient (Wildman–Crippen LogP) is 3.27. The number of carboxylic acids is 1. The van der Waals surface area contributed by atoms with Gasteiger partial charge in [-0.1, -0.05) is 41.9 Å². The molecule has 1 atom stereocenters. The molecule has 0 aromatic heterocycles. The molecule has 0 spiro atoms. The van der Waals surface area contributed by atoms with Crippen LogP contribution in [0.25, 0.3) is 0 Å². The van der Waals surface area contributed by atoms with Crippen LogP contribution in [0.15, 0.2) is 28.7 Å². The number of hydrogen-bond donors (Lipinski definition) is 1. The molecule has 0 aliphatic heterocycles. The maximum absolute atomic E-state index is 11.0. The molecule has 0 saturated heterocycles. The van der Waals surface area contributed by atoms with Crippen LogP contribution in [0.1, 0.15) is 25.3 Å². The number of hydrogen-bond acceptors (Lipinski definition) is 1. The minimum absolute atomic E-state index is 0.105. The van der Waals surface area contributed by atoms with E-state index in [9.17, 15) is 4.79 Å². The van der Waals surface area contributed by atoms with Crippen molar-refractivity contribution in [3.05, 3.63) is 34.3 Å². The van der Waals surface area contributed by atoms with Gasteiger partial charge in [0.25, 0.3) is 0 Å². The lowest BCUT2D eigenvalue weighted by atomic mass is 9.89. The van der Waals surface area contributed by atoms with E-state index >= 15 is 0 Å². The Morgan fingerprint density at radius 3 is 2.14 bits per heavy atom. The van der Waals surface area contributed by atoms with Crippen LogP contribution in [-0.4, -0.2) is 11.1 Å². The molecule has 0 aliphatic carbocycles. The fraction of sp³-hybridized carbons (Fsp3) is 0.364. The van der Waals surface area contributed by atoms with Gasteiger partial charge < -0.3 is 5.11 Å². The molecule has 0 bridgehead atoms. The molecule has 0 aliphatic rings. The van der Waals surface area contributed by atoms with Crippen molar-refractivity contribution in [2.75, 3.05) is 0 Å². The smallest absolute Gasteiger partial charge is 0.311 e. The fourth-order valence-corrected chi connectivity index (χ4v) is 1.75. The largest absolute Gasteiger partial charge is 0.481 e. The average Bonchev–Trinajstić information content (AvgIpc) is 2.07. The van der Waals surface area contributed by atoms with Crippen LogP contribution in [0.4, 0.5) is 0 Å². The molecule has 0 saturated carbocycles. The summed E-state index contributed by atoms with van der Waals surface area (Å²) in [6.45, 7) is 3.83. The summed E-state index contributed by atoms with van der Waals surface area (Å²) in [5.41, 5.74) is 0.857.